The topological polar surface area (TPSA) is 155 Å². The number of ether oxygens (including phenoxy) is 1. The number of halogens is 2. The van der Waals surface area contributed by atoms with Gasteiger partial charge in [-0.2, -0.15) is 5.10 Å². The van der Waals surface area contributed by atoms with Crippen molar-refractivity contribution in [2.75, 3.05) is 0 Å². The lowest BCUT2D eigenvalue weighted by Gasteiger charge is -2.21. The lowest BCUT2D eigenvalue weighted by atomic mass is 9.99. The highest BCUT2D eigenvalue weighted by atomic mass is 35.5. The zero-order valence-corrected chi connectivity index (χ0v) is 14.9. The van der Waals surface area contributed by atoms with Crippen LogP contribution in [-0.4, -0.2) is 53.2 Å². The van der Waals surface area contributed by atoms with Gasteiger partial charge in [-0.1, -0.05) is 17.7 Å². The molecule has 10 nitrogen and oxygen atoms in total. The molecule has 0 saturated carbocycles. The fourth-order valence-electron chi connectivity index (χ4n) is 3.23. The van der Waals surface area contributed by atoms with Crippen LogP contribution in [0.3, 0.4) is 0 Å². The van der Waals surface area contributed by atoms with E-state index in [2.05, 4.69) is 20.1 Å². The molecule has 4 rings (SSSR count). The summed E-state index contributed by atoms with van der Waals surface area (Å²) in [7, 11) is 0. The molecule has 1 aromatic carbocycles. The van der Waals surface area contributed by atoms with Gasteiger partial charge >= 0.3 is 0 Å². The minimum atomic E-state index is -1.43. The van der Waals surface area contributed by atoms with Crippen LogP contribution in [0.4, 0.5) is 4.39 Å². The van der Waals surface area contributed by atoms with Gasteiger partial charge in [0.2, 0.25) is 5.49 Å². The van der Waals surface area contributed by atoms with Gasteiger partial charge in [0.15, 0.2) is 11.7 Å². The van der Waals surface area contributed by atoms with E-state index in [-0.39, 0.29) is 16.1 Å². The molecule has 1 unspecified atom stereocenters. The quantitative estimate of drug-likeness (QED) is 0.292. The second-order valence-corrected chi connectivity index (χ2v) is 6.70. The number of H-pyrrole nitrogens is 1. The van der Waals surface area contributed by atoms with E-state index in [0.717, 1.165) is 6.07 Å². The number of aliphatic hydroxyl groups is 3. The summed E-state index contributed by atoms with van der Waals surface area (Å²) < 4.78 is 20.5. The molecule has 5 atom stereocenters. The number of hydrogen-bond acceptors (Lipinski definition) is 8. The summed E-state index contributed by atoms with van der Waals surface area (Å²) in [6, 6.07) is 3.65. The average Bonchev–Trinajstić information content (AvgIpc) is 3.25. The SMILES string of the molecule is NN=c1nc[nH]c2c1ncn2[C@@H]1O[C@H](C(O)c2ccc(F)c(Cl)c2)[C@@H](O)[C@H]1O. The van der Waals surface area contributed by atoms with Crippen molar-refractivity contribution < 1.29 is 24.4 Å². The van der Waals surface area contributed by atoms with E-state index in [1.165, 1.54) is 29.4 Å². The average molecular weight is 411 g/mol. The number of imidazole rings is 1. The number of fused-ring (bicyclic) bond motifs is 1. The van der Waals surface area contributed by atoms with Crippen LogP contribution >= 0.6 is 11.6 Å². The summed E-state index contributed by atoms with van der Waals surface area (Å²) in [6.45, 7) is 0. The molecule has 0 spiro atoms. The number of hydrogen-bond donors (Lipinski definition) is 5. The van der Waals surface area contributed by atoms with E-state index in [1.54, 1.807) is 0 Å². The monoisotopic (exact) mass is 410 g/mol. The Morgan fingerprint density at radius 3 is 2.82 bits per heavy atom. The minimum Gasteiger partial charge on any atom is -0.387 e. The molecule has 3 heterocycles. The molecule has 0 amide bonds. The molecule has 0 aliphatic carbocycles. The summed E-state index contributed by atoms with van der Waals surface area (Å²) in [6.07, 6.45) is -3.73. The van der Waals surface area contributed by atoms with Crippen molar-refractivity contribution in [3.05, 3.63) is 52.7 Å². The normalized spacial score (nSPS) is 26.8. The van der Waals surface area contributed by atoms with Gasteiger partial charge in [0.05, 0.1) is 17.7 Å². The standard InChI is InChI=1S/C16H16ClFN6O4/c17-7-3-6(1-2-8(7)18)10(25)13-11(26)12(27)16(28-13)24-5-22-9-14(23-19)20-4-21-15(9)24/h1-5,10-13,16,25-27H,19H2,(H,20,21,23)/t10?,11-,12+,13+,16+/m0/s1. The summed E-state index contributed by atoms with van der Waals surface area (Å²) in [5, 5.41) is 34.8. The Morgan fingerprint density at radius 2 is 2.11 bits per heavy atom. The highest BCUT2D eigenvalue weighted by Crippen LogP contribution is 2.37. The molecule has 1 fully saturated rings. The molecule has 1 aliphatic rings. The van der Waals surface area contributed by atoms with Crippen molar-refractivity contribution in [1.82, 2.24) is 19.5 Å². The van der Waals surface area contributed by atoms with Gasteiger partial charge in [0.1, 0.15) is 35.9 Å². The van der Waals surface area contributed by atoms with Gasteiger partial charge in [-0.05, 0) is 17.7 Å². The van der Waals surface area contributed by atoms with Crippen LogP contribution < -0.4 is 11.3 Å². The molecule has 6 N–H and O–H groups in total. The number of nitrogens with zero attached hydrogens (tertiary/aromatic N) is 4. The van der Waals surface area contributed by atoms with E-state index in [9.17, 15) is 19.7 Å². The Balaban J connectivity index is 1.67. The van der Waals surface area contributed by atoms with Crippen molar-refractivity contribution in [3.8, 4) is 0 Å². The maximum atomic E-state index is 13.4. The predicted octanol–water partition coefficient (Wildman–Crippen LogP) is -0.321. The zero-order valence-electron chi connectivity index (χ0n) is 14.1. The van der Waals surface area contributed by atoms with Crippen LogP contribution in [0.2, 0.25) is 5.02 Å². The first-order valence-electron chi connectivity index (χ1n) is 8.21. The molecule has 1 aliphatic heterocycles. The van der Waals surface area contributed by atoms with Crippen molar-refractivity contribution >= 4 is 22.8 Å². The Morgan fingerprint density at radius 1 is 1.32 bits per heavy atom. The summed E-state index contributed by atoms with van der Waals surface area (Å²) in [5.41, 5.74) is 1.15. The van der Waals surface area contributed by atoms with Gasteiger partial charge in [0.25, 0.3) is 0 Å². The van der Waals surface area contributed by atoms with Crippen LogP contribution in [0, 0.1) is 5.82 Å². The van der Waals surface area contributed by atoms with E-state index in [0.29, 0.717) is 11.2 Å². The van der Waals surface area contributed by atoms with Crippen LogP contribution in [-0.2, 0) is 4.74 Å². The largest absolute Gasteiger partial charge is 0.387 e. The molecular formula is C16H16ClFN6O4. The van der Waals surface area contributed by atoms with Crippen LogP contribution in [0.5, 0.6) is 0 Å². The lowest BCUT2D eigenvalue weighted by Crippen LogP contribution is -2.34. The number of benzene rings is 1. The van der Waals surface area contributed by atoms with Crippen LogP contribution in [0.1, 0.15) is 17.9 Å². The number of rotatable bonds is 3. The maximum Gasteiger partial charge on any atom is 0.202 e. The van der Waals surface area contributed by atoms with Crippen molar-refractivity contribution in [1.29, 1.82) is 0 Å². The second-order valence-electron chi connectivity index (χ2n) is 6.30. The molecule has 2 aromatic heterocycles. The molecular weight excluding hydrogens is 395 g/mol. The van der Waals surface area contributed by atoms with E-state index in [4.69, 9.17) is 22.2 Å². The summed E-state index contributed by atoms with van der Waals surface area (Å²) >= 11 is 5.75. The molecule has 0 bridgehead atoms. The van der Waals surface area contributed by atoms with Crippen molar-refractivity contribution in [2.45, 2.75) is 30.6 Å². The number of nitrogens with one attached hydrogen (secondary N) is 1. The molecule has 3 aromatic rings. The van der Waals surface area contributed by atoms with Crippen molar-refractivity contribution in [3.63, 3.8) is 0 Å². The van der Waals surface area contributed by atoms with Gasteiger partial charge < -0.3 is 30.9 Å². The molecule has 12 heteroatoms. The van der Waals surface area contributed by atoms with Crippen LogP contribution in [0.25, 0.3) is 11.2 Å². The second kappa shape index (κ2) is 7.11. The number of aromatic nitrogens is 4. The zero-order chi connectivity index (χ0) is 20.0. The number of aliphatic hydroxyl groups excluding tert-OH is 3. The Hall–Kier alpha value is -2.57. The fourth-order valence-corrected chi connectivity index (χ4v) is 3.42. The molecule has 148 valence electrons. The van der Waals surface area contributed by atoms with Gasteiger partial charge in [0, 0.05) is 0 Å². The third-order valence-corrected chi connectivity index (χ3v) is 4.95. The highest BCUT2D eigenvalue weighted by Gasteiger charge is 2.47. The lowest BCUT2D eigenvalue weighted by molar-refractivity contribution is -0.0849. The van der Waals surface area contributed by atoms with E-state index >= 15 is 0 Å². The molecule has 1 saturated heterocycles. The Labute approximate surface area is 161 Å². The Kier molecular flexibility index (Phi) is 4.77. The fraction of sp³-hybridized carbons (Fsp3) is 0.312. The number of nitrogens with two attached hydrogens (primary N) is 1. The third-order valence-electron chi connectivity index (χ3n) is 4.66. The highest BCUT2D eigenvalue weighted by molar-refractivity contribution is 6.30. The summed E-state index contributed by atoms with van der Waals surface area (Å²) in [4.78, 5) is 10.9. The number of aromatic amines is 1. The molecule has 28 heavy (non-hydrogen) atoms. The first-order chi connectivity index (χ1) is 13.4. The maximum absolute atomic E-state index is 13.4. The smallest absolute Gasteiger partial charge is 0.202 e. The summed E-state index contributed by atoms with van der Waals surface area (Å²) in [5.74, 6) is 4.64. The van der Waals surface area contributed by atoms with E-state index in [1.807, 2.05) is 0 Å². The van der Waals surface area contributed by atoms with Crippen molar-refractivity contribution in [2.24, 2.45) is 10.9 Å². The molecule has 0 radical (unpaired) electrons. The first kappa shape index (κ1) is 18.8. The van der Waals surface area contributed by atoms with Crippen LogP contribution in [0.15, 0.2) is 36.0 Å². The van der Waals surface area contributed by atoms with Gasteiger partial charge in [-0.15, -0.1) is 0 Å². The third kappa shape index (κ3) is 2.93. The van der Waals surface area contributed by atoms with Gasteiger partial charge in [-0.3, -0.25) is 4.57 Å². The van der Waals surface area contributed by atoms with Gasteiger partial charge in [-0.25, -0.2) is 14.4 Å². The minimum absolute atomic E-state index is 0.179. The first-order valence-corrected chi connectivity index (χ1v) is 8.59. The van der Waals surface area contributed by atoms with E-state index < -0.39 is 36.5 Å². The Bertz CT molecular complexity index is 1090. The predicted molar refractivity (Wildman–Crippen MR) is 93.9 cm³/mol.